The average molecular weight is 411 g/mol. The number of carbonyl (C=O) groups is 1. The van der Waals surface area contributed by atoms with Crippen LogP contribution < -0.4 is 14.8 Å². The van der Waals surface area contributed by atoms with Gasteiger partial charge in [0.25, 0.3) is 5.91 Å². The molecule has 0 fully saturated rings. The minimum absolute atomic E-state index is 0.0871. The van der Waals surface area contributed by atoms with E-state index in [4.69, 9.17) is 0 Å². The van der Waals surface area contributed by atoms with Crippen molar-refractivity contribution in [2.45, 2.75) is 13.2 Å². The Labute approximate surface area is 168 Å². The molecule has 0 bridgehead atoms. The first-order valence-electron chi connectivity index (χ1n) is 8.64. The molecule has 0 aliphatic carbocycles. The minimum Gasteiger partial charge on any atom is -0.395 e. The Kier molecular flexibility index (Phi) is 4.54. The van der Waals surface area contributed by atoms with Crippen LogP contribution in [0.4, 0.5) is 19.0 Å². The van der Waals surface area contributed by atoms with E-state index < -0.39 is 18.0 Å². The Hall–Kier alpha value is -4.06. The van der Waals surface area contributed by atoms with Gasteiger partial charge in [0.05, 0.1) is 11.6 Å². The molecule has 0 saturated carbocycles. The van der Waals surface area contributed by atoms with Gasteiger partial charge in [-0.05, 0) is 42.8 Å². The second-order valence-electron chi connectivity index (χ2n) is 6.47. The van der Waals surface area contributed by atoms with E-state index in [1.54, 1.807) is 13.0 Å². The van der Waals surface area contributed by atoms with Gasteiger partial charge in [0.2, 0.25) is 0 Å². The van der Waals surface area contributed by atoms with E-state index in [1.165, 1.54) is 30.5 Å². The summed E-state index contributed by atoms with van der Waals surface area (Å²) in [5, 5.41) is 11.9. The maximum atomic E-state index is 13.4. The van der Waals surface area contributed by atoms with Crippen LogP contribution in [-0.2, 0) is 0 Å². The number of hydrogen-bond donors (Lipinski definition) is 1. The van der Waals surface area contributed by atoms with Crippen molar-refractivity contribution >= 4 is 11.7 Å². The molecule has 9 heteroatoms. The normalized spacial score (nSPS) is 13.6. The quantitative estimate of drug-likeness (QED) is 0.679. The average Bonchev–Trinajstić information content (AvgIpc) is 3.02. The lowest BCUT2D eigenvalue weighted by Gasteiger charge is -2.09. The Morgan fingerprint density at radius 1 is 1.13 bits per heavy atom. The number of nitrogens with one attached hydrogen (secondary N) is 1. The van der Waals surface area contributed by atoms with E-state index in [0.29, 0.717) is 16.7 Å². The number of aryl methyl sites for hydroxylation is 1. The number of pyridine rings is 1. The van der Waals surface area contributed by atoms with Crippen molar-refractivity contribution in [2.24, 2.45) is 0 Å². The van der Waals surface area contributed by atoms with Crippen molar-refractivity contribution in [1.82, 2.24) is 4.98 Å². The highest BCUT2D eigenvalue weighted by Crippen LogP contribution is 2.44. The molecule has 0 atom stereocenters. The number of halogens is 3. The molecule has 6 nitrogen and oxygen atoms in total. The summed E-state index contributed by atoms with van der Waals surface area (Å²) < 4.78 is 48.7. The number of ether oxygens (including phenoxy) is 2. The maximum Gasteiger partial charge on any atom is 0.586 e. The van der Waals surface area contributed by atoms with E-state index in [2.05, 4.69) is 19.8 Å². The monoisotopic (exact) mass is 411 g/mol. The van der Waals surface area contributed by atoms with E-state index >= 15 is 0 Å². The first-order chi connectivity index (χ1) is 14.3. The highest BCUT2D eigenvalue weighted by Gasteiger charge is 2.44. The second-order valence-corrected chi connectivity index (χ2v) is 6.47. The molecule has 3 aromatic rings. The molecule has 1 amide bonds. The molecule has 1 aliphatic heterocycles. The van der Waals surface area contributed by atoms with Gasteiger partial charge < -0.3 is 14.8 Å². The molecule has 0 saturated heterocycles. The van der Waals surface area contributed by atoms with E-state index in [-0.39, 0.29) is 28.4 Å². The third-order valence-corrected chi connectivity index (χ3v) is 4.42. The molecular formula is C21H12F3N3O3. The van der Waals surface area contributed by atoms with Gasteiger partial charge in [0.15, 0.2) is 11.5 Å². The van der Waals surface area contributed by atoms with Crippen LogP contribution in [-0.4, -0.2) is 17.2 Å². The second kappa shape index (κ2) is 7.08. The molecule has 0 radical (unpaired) electrons. The summed E-state index contributed by atoms with van der Waals surface area (Å²) >= 11 is 0. The van der Waals surface area contributed by atoms with Crippen molar-refractivity contribution in [1.29, 1.82) is 5.26 Å². The van der Waals surface area contributed by atoms with Gasteiger partial charge in [0.1, 0.15) is 11.6 Å². The predicted octanol–water partition coefficient (Wildman–Crippen LogP) is 4.64. The smallest absolute Gasteiger partial charge is 0.395 e. The number of rotatable bonds is 3. The molecule has 0 unspecified atom stereocenters. The fourth-order valence-electron chi connectivity index (χ4n) is 2.98. The SMILES string of the molecule is Cc1ccc(F)cc1C(=O)Nc1ccc(-c2cc3c(cc2C#N)OC(F)(F)O3)cn1. The number of anilines is 1. The van der Waals surface area contributed by atoms with Crippen molar-refractivity contribution < 1.29 is 27.4 Å². The molecule has 4 rings (SSSR count). The number of aromatic nitrogens is 1. The number of fused-ring (bicyclic) bond motifs is 1. The Bertz CT molecular complexity index is 1200. The Balaban J connectivity index is 1.60. The highest BCUT2D eigenvalue weighted by atomic mass is 19.3. The molecule has 2 aromatic carbocycles. The zero-order valence-corrected chi connectivity index (χ0v) is 15.4. The van der Waals surface area contributed by atoms with Gasteiger partial charge in [-0.1, -0.05) is 6.07 Å². The fourth-order valence-corrected chi connectivity index (χ4v) is 2.98. The zero-order chi connectivity index (χ0) is 21.5. The van der Waals surface area contributed by atoms with Gasteiger partial charge >= 0.3 is 6.29 Å². The van der Waals surface area contributed by atoms with Crippen LogP contribution in [0.2, 0.25) is 0 Å². The van der Waals surface area contributed by atoms with Crippen molar-refractivity contribution in [3.8, 4) is 28.7 Å². The number of alkyl halides is 2. The molecule has 2 heterocycles. The van der Waals surface area contributed by atoms with Crippen LogP contribution in [0.1, 0.15) is 21.5 Å². The summed E-state index contributed by atoms with van der Waals surface area (Å²) in [7, 11) is 0. The summed E-state index contributed by atoms with van der Waals surface area (Å²) in [5.74, 6) is -1.31. The number of carbonyl (C=O) groups excluding carboxylic acids is 1. The molecule has 30 heavy (non-hydrogen) atoms. The number of nitriles is 1. The maximum absolute atomic E-state index is 13.4. The number of hydrogen-bond acceptors (Lipinski definition) is 5. The van der Waals surface area contributed by atoms with Crippen LogP contribution in [0.25, 0.3) is 11.1 Å². The molecule has 1 aliphatic rings. The van der Waals surface area contributed by atoms with Gasteiger partial charge in [-0.3, -0.25) is 4.79 Å². The number of benzene rings is 2. The lowest BCUT2D eigenvalue weighted by molar-refractivity contribution is -0.286. The fraction of sp³-hybridized carbons (Fsp3) is 0.0952. The van der Waals surface area contributed by atoms with Gasteiger partial charge in [-0.2, -0.15) is 5.26 Å². The minimum atomic E-state index is -3.80. The predicted molar refractivity (Wildman–Crippen MR) is 99.7 cm³/mol. The first-order valence-corrected chi connectivity index (χ1v) is 8.64. The van der Waals surface area contributed by atoms with E-state index in [0.717, 1.165) is 12.1 Å². The van der Waals surface area contributed by atoms with E-state index in [9.17, 15) is 23.2 Å². The standard InChI is InChI=1S/C21H12F3N3O3/c1-11-2-4-14(22)7-15(11)20(28)27-19-5-3-12(10-26-19)16-8-18-17(6-13(16)9-25)29-21(23,24)30-18/h2-8,10H,1H3,(H,26,27,28). The van der Waals surface area contributed by atoms with Gasteiger partial charge in [0, 0.05) is 29.0 Å². The summed E-state index contributed by atoms with van der Waals surface area (Å²) in [6.45, 7) is 1.68. The van der Waals surface area contributed by atoms with Crippen molar-refractivity contribution in [2.75, 3.05) is 5.32 Å². The van der Waals surface area contributed by atoms with Crippen LogP contribution >= 0.6 is 0 Å². The van der Waals surface area contributed by atoms with Gasteiger partial charge in [-0.25, -0.2) is 9.37 Å². The topological polar surface area (TPSA) is 84.2 Å². The summed E-state index contributed by atoms with van der Waals surface area (Å²) in [6, 6.07) is 11.2. The zero-order valence-electron chi connectivity index (χ0n) is 15.4. The number of nitrogens with zero attached hydrogens (tertiary/aromatic N) is 2. The third kappa shape index (κ3) is 3.63. The van der Waals surface area contributed by atoms with Crippen LogP contribution in [0.15, 0.2) is 48.7 Å². The molecule has 1 N–H and O–H groups in total. The summed E-state index contributed by atoms with van der Waals surface area (Å²) in [5.41, 5.74) is 1.60. The van der Waals surface area contributed by atoms with Crippen molar-refractivity contribution in [3.05, 3.63) is 71.2 Å². The van der Waals surface area contributed by atoms with E-state index in [1.807, 2.05) is 6.07 Å². The Morgan fingerprint density at radius 2 is 1.87 bits per heavy atom. The van der Waals surface area contributed by atoms with Crippen LogP contribution in [0.3, 0.4) is 0 Å². The Morgan fingerprint density at radius 3 is 2.53 bits per heavy atom. The third-order valence-electron chi connectivity index (χ3n) is 4.42. The molecular weight excluding hydrogens is 399 g/mol. The van der Waals surface area contributed by atoms with Crippen LogP contribution in [0.5, 0.6) is 11.5 Å². The summed E-state index contributed by atoms with van der Waals surface area (Å²) in [4.78, 5) is 16.5. The first kappa shape index (κ1) is 19.3. The number of amides is 1. The highest BCUT2D eigenvalue weighted by molar-refractivity contribution is 6.04. The van der Waals surface area contributed by atoms with Gasteiger partial charge in [-0.15, -0.1) is 8.78 Å². The van der Waals surface area contributed by atoms with Crippen molar-refractivity contribution in [3.63, 3.8) is 0 Å². The molecule has 150 valence electrons. The lowest BCUT2D eigenvalue weighted by Crippen LogP contribution is -2.25. The molecule has 1 aromatic heterocycles. The lowest BCUT2D eigenvalue weighted by atomic mass is 10.0. The summed E-state index contributed by atoms with van der Waals surface area (Å²) in [6.07, 6.45) is -2.43. The largest absolute Gasteiger partial charge is 0.586 e. The molecule has 0 spiro atoms. The van der Waals surface area contributed by atoms with Crippen LogP contribution in [0, 0.1) is 24.1 Å².